The summed E-state index contributed by atoms with van der Waals surface area (Å²) in [6.07, 6.45) is 0.298. The third kappa shape index (κ3) is 5.87. The van der Waals surface area contributed by atoms with E-state index in [2.05, 4.69) is 5.32 Å². The van der Waals surface area contributed by atoms with E-state index in [4.69, 9.17) is 21.1 Å². The van der Waals surface area contributed by atoms with Crippen LogP contribution in [0, 0.1) is 11.3 Å². The number of methoxy groups -OCH3 is 1. The van der Waals surface area contributed by atoms with Gasteiger partial charge < -0.3 is 14.8 Å². The van der Waals surface area contributed by atoms with Gasteiger partial charge in [0.2, 0.25) is 0 Å². The number of hydrogen-bond acceptors (Lipinski definition) is 5. The average molecular weight is 385 g/mol. The number of carbonyl (C=O) groups is 2. The SMILES string of the molecule is COc1ccc(/C=C(\C#N)C(=O)O[C@H](C)C(=O)Nc2ccc(Cl)cc2)cc1. The Balaban J connectivity index is 2.01. The molecule has 2 rings (SSSR count). The summed E-state index contributed by atoms with van der Waals surface area (Å²) in [6.45, 7) is 1.42. The lowest BCUT2D eigenvalue weighted by Gasteiger charge is -2.13. The van der Waals surface area contributed by atoms with Crippen LogP contribution in [0.25, 0.3) is 6.08 Å². The number of rotatable bonds is 6. The zero-order valence-corrected chi connectivity index (χ0v) is 15.5. The van der Waals surface area contributed by atoms with Crippen LogP contribution in [0.1, 0.15) is 12.5 Å². The molecule has 0 aliphatic carbocycles. The molecule has 2 aromatic rings. The van der Waals surface area contributed by atoms with Crippen molar-refractivity contribution < 1.29 is 19.1 Å². The fourth-order valence-electron chi connectivity index (χ4n) is 2.06. The van der Waals surface area contributed by atoms with E-state index in [-0.39, 0.29) is 5.57 Å². The maximum atomic E-state index is 12.2. The Hall–Kier alpha value is -3.30. The second kappa shape index (κ2) is 9.41. The molecule has 6 nitrogen and oxygen atoms in total. The highest BCUT2D eigenvalue weighted by atomic mass is 35.5. The summed E-state index contributed by atoms with van der Waals surface area (Å²) in [4.78, 5) is 24.3. The fourth-order valence-corrected chi connectivity index (χ4v) is 2.18. The maximum Gasteiger partial charge on any atom is 0.349 e. The van der Waals surface area contributed by atoms with Gasteiger partial charge in [0, 0.05) is 10.7 Å². The topological polar surface area (TPSA) is 88.4 Å². The van der Waals surface area contributed by atoms with E-state index in [1.807, 2.05) is 0 Å². The van der Waals surface area contributed by atoms with Crippen LogP contribution in [-0.2, 0) is 14.3 Å². The largest absolute Gasteiger partial charge is 0.497 e. The molecule has 0 fully saturated rings. The standard InChI is InChI=1S/C20H17ClN2O4/c1-13(19(24)23-17-7-5-16(21)6-8-17)27-20(25)15(12-22)11-14-3-9-18(26-2)10-4-14/h3-11,13H,1-2H3,(H,23,24)/b15-11+/t13-/m1/s1. The molecule has 1 amide bonds. The van der Waals surface area contributed by atoms with E-state index in [0.29, 0.717) is 22.0 Å². The van der Waals surface area contributed by atoms with Crippen LogP contribution >= 0.6 is 11.6 Å². The molecule has 0 saturated carbocycles. The molecule has 0 aliphatic heterocycles. The predicted octanol–water partition coefficient (Wildman–Crippen LogP) is 3.83. The Bertz CT molecular complexity index is 884. The first kappa shape index (κ1) is 20.0. The maximum absolute atomic E-state index is 12.2. The van der Waals surface area contributed by atoms with Crippen LogP contribution in [0.15, 0.2) is 54.1 Å². The van der Waals surface area contributed by atoms with Gasteiger partial charge in [0.25, 0.3) is 5.91 Å². The van der Waals surface area contributed by atoms with Gasteiger partial charge in [0.15, 0.2) is 6.10 Å². The van der Waals surface area contributed by atoms with Crippen molar-refractivity contribution in [3.05, 3.63) is 64.7 Å². The van der Waals surface area contributed by atoms with Crippen molar-refractivity contribution in [2.24, 2.45) is 0 Å². The van der Waals surface area contributed by atoms with Gasteiger partial charge in [-0.15, -0.1) is 0 Å². The van der Waals surface area contributed by atoms with E-state index in [9.17, 15) is 14.9 Å². The Morgan fingerprint density at radius 2 is 1.78 bits per heavy atom. The van der Waals surface area contributed by atoms with Crippen molar-refractivity contribution in [3.63, 3.8) is 0 Å². The van der Waals surface area contributed by atoms with Crippen molar-refractivity contribution in [2.75, 3.05) is 12.4 Å². The van der Waals surface area contributed by atoms with Crippen molar-refractivity contribution in [3.8, 4) is 11.8 Å². The zero-order chi connectivity index (χ0) is 19.8. The molecule has 138 valence electrons. The van der Waals surface area contributed by atoms with E-state index in [1.54, 1.807) is 61.7 Å². The summed E-state index contributed by atoms with van der Waals surface area (Å²) >= 11 is 5.79. The summed E-state index contributed by atoms with van der Waals surface area (Å²) in [5.74, 6) is -0.750. The smallest absolute Gasteiger partial charge is 0.349 e. The molecule has 0 aliphatic rings. The van der Waals surface area contributed by atoms with E-state index in [0.717, 1.165) is 0 Å². The van der Waals surface area contributed by atoms with E-state index < -0.39 is 18.0 Å². The van der Waals surface area contributed by atoms with Crippen LogP contribution in [0.3, 0.4) is 0 Å². The Morgan fingerprint density at radius 1 is 1.15 bits per heavy atom. The van der Waals surface area contributed by atoms with Gasteiger partial charge in [-0.3, -0.25) is 4.79 Å². The number of nitriles is 1. The van der Waals surface area contributed by atoms with Crippen LogP contribution in [0.4, 0.5) is 5.69 Å². The highest BCUT2D eigenvalue weighted by Gasteiger charge is 2.20. The molecule has 1 N–H and O–H groups in total. The average Bonchev–Trinajstić information content (AvgIpc) is 2.68. The number of carbonyl (C=O) groups excluding carboxylic acids is 2. The van der Waals surface area contributed by atoms with Gasteiger partial charge in [-0.1, -0.05) is 23.7 Å². The normalized spacial score (nSPS) is 11.9. The van der Waals surface area contributed by atoms with Crippen LogP contribution < -0.4 is 10.1 Å². The number of anilines is 1. The first-order valence-corrected chi connectivity index (χ1v) is 8.34. The molecule has 0 saturated heterocycles. The molecular weight excluding hydrogens is 368 g/mol. The number of esters is 1. The minimum Gasteiger partial charge on any atom is -0.497 e. The number of ether oxygens (including phenoxy) is 2. The van der Waals surface area contributed by atoms with Gasteiger partial charge >= 0.3 is 5.97 Å². The second-order valence-electron chi connectivity index (χ2n) is 5.49. The summed E-state index contributed by atoms with van der Waals surface area (Å²) < 4.78 is 10.1. The van der Waals surface area contributed by atoms with Gasteiger partial charge in [0.05, 0.1) is 7.11 Å². The van der Waals surface area contributed by atoms with Gasteiger partial charge in [-0.2, -0.15) is 5.26 Å². The molecule has 0 spiro atoms. The number of nitrogens with one attached hydrogen (secondary N) is 1. The molecule has 0 unspecified atom stereocenters. The van der Waals surface area contributed by atoms with Gasteiger partial charge in [-0.05, 0) is 55.0 Å². The molecule has 27 heavy (non-hydrogen) atoms. The molecular formula is C20H17ClN2O4. The van der Waals surface area contributed by atoms with Crippen molar-refractivity contribution in [1.82, 2.24) is 0 Å². The predicted molar refractivity (Wildman–Crippen MR) is 102 cm³/mol. The number of benzene rings is 2. The lowest BCUT2D eigenvalue weighted by Crippen LogP contribution is -2.30. The molecule has 0 aromatic heterocycles. The third-order valence-electron chi connectivity index (χ3n) is 3.53. The Kier molecular flexibility index (Phi) is 6.98. The second-order valence-corrected chi connectivity index (χ2v) is 5.92. The van der Waals surface area contributed by atoms with Gasteiger partial charge in [-0.25, -0.2) is 4.79 Å². The Labute approximate surface area is 162 Å². The summed E-state index contributed by atoms with van der Waals surface area (Å²) in [7, 11) is 1.54. The summed E-state index contributed by atoms with van der Waals surface area (Å²) in [5, 5.41) is 12.4. The number of nitrogens with zero attached hydrogens (tertiary/aromatic N) is 1. The quantitative estimate of drug-likeness (QED) is 0.464. The van der Waals surface area contributed by atoms with Crippen LogP contribution in [0.2, 0.25) is 5.02 Å². The zero-order valence-electron chi connectivity index (χ0n) is 14.7. The van der Waals surface area contributed by atoms with Crippen molar-refractivity contribution in [2.45, 2.75) is 13.0 Å². The van der Waals surface area contributed by atoms with E-state index in [1.165, 1.54) is 13.0 Å². The van der Waals surface area contributed by atoms with Crippen LogP contribution in [-0.4, -0.2) is 25.1 Å². The molecule has 1 atom stereocenters. The monoisotopic (exact) mass is 384 g/mol. The fraction of sp³-hybridized carbons (Fsp3) is 0.150. The first-order valence-electron chi connectivity index (χ1n) is 7.96. The number of amides is 1. The van der Waals surface area contributed by atoms with Crippen LogP contribution in [0.5, 0.6) is 5.75 Å². The highest BCUT2D eigenvalue weighted by molar-refractivity contribution is 6.30. The summed E-state index contributed by atoms with van der Waals surface area (Å²) in [6, 6.07) is 15.1. The molecule has 2 aromatic carbocycles. The minimum absolute atomic E-state index is 0.216. The molecule has 0 radical (unpaired) electrons. The van der Waals surface area contributed by atoms with Gasteiger partial charge in [0.1, 0.15) is 17.4 Å². The van der Waals surface area contributed by atoms with Crippen molar-refractivity contribution >= 4 is 35.2 Å². The summed E-state index contributed by atoms with van der Waals surface area (Å²) in [5.41, 5.74) is 0.926. The molecule has 0 bridgehead atoms. The van der Waals surface area contributed by atoms with E-state index >= 15 is 0 Å². The first-order chi connectivity index (χ1) is 12.9. The highest BCUT2D eigenvalue weighted by Crippen LogP contribution is 2.16. The molecule has 0 heterocycles. The lowest BCUT2D eigenvalue weighted by atomic mass is 10.1. The number of hydrogen-bond donors (Lipinski definition) is 1. The lowest BCUT2D eigenvalue weighted by molar-refractivity contribution is -0.148. The Morgan fingerprint density at radius 3 is 2.33 bits per heavy atom. The minimum atomic E-state index is -1.08. The third-order valence-corrected chi connectivity index (χ3v) is 3.78. The van der Waals surface area contributed by atoms with Crippen molar-refractivity contribution in [1.29, 1.82) is 5.26 Å². The number of halogens is 1. The molecule has 7 heteroatoms.